The van der Waals surface area contributed by atoms with E-state index < -0.39 is 0 Å². The molecule has 4 heteroatoms. The molecule has 0 aliphatic heterocycles. The second kappa shape index (κ2) is 3.65. The molecular formula is C7H8N3O. The molecule has 0 aromatic carbocycles. The van der Waals surface area contributed by atoms with E-state index in [1.165, 1.54) is 12.6 Å². The molecule has 0 fully saturated rings. The van der Waals surface area contributed by atoms with Gasteiger partial charge in [-0.2, -0.15) is 0 Å². The fraction of sp³-hybridized carbons (Fsp3) is 0.286. The van der Waals surface area contributed by atoms with Crippen LogP contribution >= 0.6 is 0 Å². The Morgan fingerprint density at radius 3 is 2.82 bits per heavy atom. The van der Waals surface area contributed by atoms with Crippen LogP contribution in [0.3, 0.4) is 0 Å². The summed E-state index contributed by atoms with van der Waals surface area (Å²) in [6, 6.07) is 0. The molecule has 1 radical (unpaired) electrons. The largest absolute Gasteiger partial charge is 0.315 e. The van der Waals surface area contributed by atoms with Gasteiger partial charge in [0.05, 0.1) is 18.1 Å². The van der Waals surface area contributed by atoms with Crippen molar-refractivity contribution in [2.75, 3.05) is 5.32 Å². The van der Waals surface area contributed by atoms with Gasteiger partial charge in [0.1, 0.15) is 0 Å². The van der Waals surface area contributed by atoms with Gasteiger partial charge in [-0.25, -0.2) is 4.98 Å². The lowest BCUT2D eigenvalue weighted by Gasteiger charge is -1.96. The minimum Gasteiger partial charge on any atom is -0.301 e. The second-order valence-electron chi connectivity index (χ2n) is 1.97. The maximum absolute atomic E-state index is 9.82. The van der Waals surface area contributed by atoms with Crippen molar-refractivity contribution in [2.45, 2.75) is 13.3 Å². The van der Waals surface area contributed by atoms with E-state index in [9.17, 15) is 4.79 Å². The van der Waals surface area contributed by atoms with Crippen molar-refractivity contribution in [2.24, 2.45) is 0 Å². The molecule has 1 amide bonds. The van der Waals surface area contributed by atoms with Gasteiger partial charge < -0.3 is 5.32 Å². The highest BCUT2D eigenvalue weighted by Gasteiger charge is 1.92. The third-order valence-electron chi connectivity index (χ3n) is 1.25. The average Bonchev–Trinajstić information content (AvgIpc) is 2.07. The Balaban J connectivity index is 2.74. The molecule has 0 spiro atoms. The Labute approximate surface area is 64.7 Å². The number of rotatable bonds is 3. The molecule has 1 aromatic rings. The number of hydrogen-bond acceptors (Lipinski definition) is 3. The number of hydrogen-bond donors (Lipinski definition) is 1. The predicted molar refractivity (Wildman–Crippen MR) is 40.7 cm³/mol. The van der Waals surface area contributed by atoms with Crippen LogP contribution in [0.5, 0.6) is 0 Å². The molecule has 0 saturated carbocycles. The Morgan fingerprint density at radius 1 is 1.55 bits per heavy atom. The molecule has 57 valence electrons. The highest BCUT2D eigenvalue weighted by atomic mass is 16.1. The Morgan fingerprint density at radius 2 is 2.36 bits per heavy atom. The Bertz CT molecular complexity index is 232. The summed E-state index contributed by atoms with van der Waals surface area (Å²) in [7, 11) is 0. The van der Waals surface area contributed by atoms with Crippen LogP contribution in [0, 0.1) is 0 Å². The standard InChI is InChI=1S/C7H8N3O/c1-2-6-3-9-7(4-8-6)10-5-11/h3-4H,2H2,1H3,(H,9,10,11). The van der Waals surface area contributed by atoms with Crippen LogP contribution in [0.15, 0.2) is 12.4 Å². The van der Waals surface area contributed by atoms with Crippen molar-refractivity contribution in [1.29, 1.82) is 0 Å². The van der Waals surface area contributed by atoms with Gasteiger partial charge in [0.2, 0.25) is 0 Å². The van der Waals surface area contributed by atoms with E-state index in [1.54, 1.807) is 6.20 Å². The van der Waals surface area contributed by atoms with Crippen molar-refractivity contribution >= 4 is 12.2 Å². The molecule has 1 N–H and O–H groups in total. The lowest BCUT2D eigenvalue weighted by molar-refractivity contribution is 0.560. The summed E-state index contributed by atoms with van der Waals surface area (Å²) in [6.07, 6.45) is 5.49. The van der Waals surface area contributed by atoms with E-state index in [4.69, 9.17) is 0 Å². The smallest absolute Gasteiger partial charge is 0.301 e. The molecule has 4 nitrogen and oxygen atoms in total. The van der Waals surface area contributed by atoms with Crippen molar-refractivity contribution in [1.82, 2.24) is 9.97 Å². The zero-order valence-corrected chi connectivity index (χ0v) is 6.16. The molecule has 1 aromatic heterocycles. The van der Waals surface area contributed by atoms with E-state index in [0.29, 0.717) is 5.82 Å². The van der Waals surface area contributed by atoms with E-state index >= 15 is 0 Å². The number of nitrogens with one attached hydrogen (secondary N) is 1. The first-order valence-electron chi connectivity index (χ1n) is 3.31. The zero-order chi connectivity index (χ0) is 8.10. The quantitative estimate of drug-likeness (QED) is 0.639. The van der Waals surface area contributed by atoms with Gasteiger partial charge in [0.25, 0.3) is 0 Å². The highest BCUT2D eigenvalue weighted by Crippen LogP contribution is 1.99. The van der Waals surface area contributed by atoms with E-state index in [-0.39, 0.29) is 0 Å². The summed E-state index contributed by atoms with van der Waals surface area (Å²) < 4.78 is 0. The summed E-state index contributed by atoms with van der Waals surface area (Å²) in [5, 5.41) is 2.28. The van der Waals surface area contributed by atoms with Gasteiger partial charge in [-0.15, -0.1) is 0 Å². The predicted octanol–water partition coefficient (Wildman–Crippen LogP) is 0.518. The fourth-order valence-corrected chi connectivity index (χ4v) is 0.654. The Kier molecular flexibility index (Phi) is 2.54. The van der Waals surface area contributed by atoms with Gasteiger partial charge in [-0.1, -0.05) is 6.92 Å². The lowest BCUT2D eigenvalue weighted by atomic mass is 10.4. The number of nitrogens with zero attached hydrogens (tertiary/aromatic N) is 2. The molecule has 1 rings (SSSR count). The third-order valence-corrected chi connectivity index (χ3v) is 1.25. The van der Waals surface area contributed by atoms with Gasteiger partial charge in [0.15, 0.2) is 5.82 Å². The Hall–Kier alpha value is -1.45. The SMILES string of the molecule is CCc1cnc(N[C]=O)cn1. The van der Waals surface area contributed by atoms with Gasteiger partial charge in [0, 0.05) is 0 Å². The van der Waals surface area contributed by atoms with Crippen molar-refractivity contribution in [3.8, 4) is 0 Å². The lowest BCUT2D eigenvalue weighted by Crippen LogP contribution is -1.98. The maximum Gasteiger partial charge on any atom is 0.315 e. The molecule has 0 aliphatic carbocycles. The summed E-state index contributed by atoms with van der Waals surface area (Å²) >= 11 is 0. The van der Waals surface area contributed by atoms with Crippen molar-refractivity contribution < 1.29 is 4.79 Å². The zero-order valence-electron chi connectivity index (χ0n) is 6.16. The molecule has 0 saturated heterocycles. The number of anilines is 1. The molecule has 1 heterocycles. The summed E-state index contributed by atoms with van der Waals surface area (Å²) in [5.74, 6) is 0.428. The van der Waals surface area contributed by atoms with Crippen LogP contribution < -0.4 is 5.32 Å². The van der Waals surface area contributed by atoms with Crippen LogP contribution in [-0.4, -0.2) is 16.4 Å². The maximum atomic E-state index is 9.82. The van der Waals surface area contributed by atoms with E-state index in [2.05, 4.69) is 15.3 Å². The number of aromatic nitrogens is 2. The number of aryl methyl sites for hydroxylation is 1. The van der Waals surface area contributed by atoms with Crippen LogP contribution in [0.2, 0.25) is 0 Å². The number of carbonyl (C=O) groups excluding carboxylic acids is 1. The van der Waals surface area contributed by atoms with Crippen molar-refractivity contribution in [3.05, 3.63) is 18.1 Å². The van der Waals surface area contributed by atoms with Gasteiger partial charge in [-0.05, 0) is 6.42 Å². The molecule has 0 atom stereocenters. The van der Waals surface area contributed by atoms with Gasteiger partial charge in [-0.3, -0.25) is 9.78 Å². The monoisotopic (exact) mass is 150 g/mol. The second-order valence-corrected chi connectivity index (χ2v) is 1.97. The minimum absolute atomic E-state index is 0.428. The van der Waals surface area contributed by atoms with E-state index in [1.807, 2.05) is 6.92 Å². The highest BCUT2D eigenvalue weighted by molar-refractivity contribution is 5.68. The molecule has 0 unspecified atom stereocenters. The molecule has 0 aliphatic rings. The van der Waals surface area contributed by atoms with Gasteiger partial charge >= 0.3 is 6.41 Å². The first-order valence-corrected chi connectivity index (χ1v) is 3.31. The molecule has 11 heavy (non-hydrogen) atoms. The minimum atomic E-state index is 0.428. The molecular weight excluding hydrogens is 142 g/mol. The molecule has 0 bridgehead atoms. The topological polar surface area (TPSA) is 54.9 Å². The average molecular weight is 150 g/mol. The van der Waals surface area contributed by atoms with Crippen LogP contribution in [-0.2, 0) is 11.2 Å². The number of amides is 1. The van der Waals surface area contributed by atoms with Crippen LogP contribution in [0.25, 0.3) is 0 Å². The summed E-state index contributed by atoms with van der Waals surface area (Å²) in [5.41, 5.74) is 0.904. The first kappa shape index (κ1) is 7.65. The summed E-state index contributed by atoms with van der Waals surface area (Å²) in [6.45, 7) is 1.99. The van der Waals surface area contributed by atoms with E-state index in [0.717, 1.165) is 12.1 Å². The fourth-order valence-electron chi connectivity index (χ4n) is 0.654. The summed E-state index contributed by atoms with van der Waals surface area (Å²) in [4.78, 5) is 17.7. The normalized spacial score (nSPS) is 9.18. The van der Waals surface area contributed by atoms with Crippen LogP contribution in [0.4, 0.5) is 5.82 Å². The first-order chi connectivity index (χ1) is 5.36. The third kappa shape index (κ3) is 2.00. The van der Waals surface area contributed by atoms with Crippen LogP contribution in [0.1, 0.15) is 12.6 Å². The van der Waals surface area contributed by atoms with Crippen molar-refractivity contribution in [3.63, 3.8) is 0 Å².